The molecule has 0 bridgehead atoms. The number of rotatable bonds is 3. The van der Waals surface area contributed by atoms with Crippen LogP contribution in [0.15, 0.2) is 18.2 Å². The molecule has 0 aliphatic carbocycles. The molecule has 112 valence electrons. The Morgan fingerprint density at radius 3 is 2.38 bits per heavy atom. The summed E-state index contributed by atoms with van der Waals surface area (Å²) in [5, 5.41) is 0. The molecule has 0 N–H and O–H groups in total. The number of methoxy groups -OCH3 is 2. The molecule has 1 aromatic carbocycles. The van der Waals surface area contributed by atoms with Gasteiger partial charge in [0.15, 0.2) is 0 Å². The molecule has 0 radical (unpaired) electrons. The van der Waals surface area contributed by atoms with Crippen LogP contribution in [-0.4, -0.2) is 50.1 Å². The Labute approximate surface area is 123 Å². The van der Waals surface area contributed by atoms with Gasteiger partial charge in [-0.3, -0.25) is 9.59 Å². The third kappa shape index (κ3) is 2.30. The number of carbonyl (C=O) groups is 2. The maximum Gasteiger partial charge on any atom is 0.250 e. The van der Waals surface area contributed by atoms with Crippen molar-refractivity contribution in [3.63, 3.8) is 0 Å². The first-order chi connectivity index (χ1) is 10.1. The molecule has 2 aliphatic heterocycles. The second-order valence-electron chi connectivity index (χ2n) is 5.24. The van der Waals surface area contributed by atoms with E-state index >= 15 is 0 Å². The largest absolute Gasteiger partial charge is 0.497 e. The molecule has 0 spiro atoms. The van der Waals surface area contributed by atoms with E-state index in [0.717, 1.165) is 12.8 Å². The molecule has 2 amide bonds. The minimum Gasteiger partial charge on any atom is -0.497 e. The molecule has 2 saturated heterocycles. The van der Waals surface area contributed by atoms with Crippen molar-refractivity contribution in [2.45, 2.75) is 18.9 Å². The van der Waals surface area contributed by atoms with E-state index in [-0.39, 0.29) is 24.4 Å². The van der Waals surface area contributed by atoms with Gasteiger partial charge in [-0.15, -0.1) is 0 Å². The minimum absolute atomic E-state index is 0.00103. The summed E-state index contributed by atoms with van der Waals surface area (Å²) in [5.41, 5.74) is 0.635. The Balaban J connectivity index is 1.96. The highest BCUT2D eigenvalue weighted by Gasteiger charge is 2.42. The minimum atomic E-state index is -0.316. The Hall–Kier alpha value is -2.24. The molecule has 6 heteroatoms. The molecular formula is C15H18N2O4. The first-order valence-corrected chi connectivity index (χ1v) is 6.98. The van der Waals surface area contributed by atoms with Gasteiger partial charge in [0.2, 0.25) is 11.8 Å². The zero-order valence-electron chi connectivity index (χ0n) is 12.2. The Morgan fingerprint density at radius 1 is 1.10 bits per heavy atom. The summed E-state index contributed by atoms with van der Waals surface area (Å²) in [5.74, 6) is 1.16. The van der Waals surface area contributed by atoms with Crippen molar-refractivity contribution in [1.82, 2.24) is 4.90 Å². The van der Waals surface area contributed by atoms with Gasteiger partial charge < -0.3 is 19.3 Å². The molecule has 21 heavy (non-hydrogen) atoms. The molecular weight excluding hydrogens is 272 g/mol. The highest BCUT2D eigenvalue weighted by Crippen LogP contribution is 2.32. The quantitative estimate of drug-likeness (QED) is 0.834. The normalized spacial score (nSPS) is 21.5. The number of piperazine rings is 1. The number of hydrogen-bond acceptors (Lipinski definition) is 4. The maximum atomic E-state index is 12.6. The molecule has 0 aromatic heterocycles. The first-order valence-electron chi connectivity index (χ1n) is 6.98. The smallest absolute Gasteiger partial charge is 0.250 e. The topological polar surface area (TPSA) is 59.1 Å². The molecule has 2 aliphatic rings. The Morgan fingerprint density at radius 2 is 1.76 bits per heavy atom. The van der Waals surface area contributed by atoms with Gasteiger partial charge in [-0.1, -0.05) is 0 Å². The third-order valence-corrected chi connectivity index (χ3v) is 4.07. The summed E-state index contributed by atoms with van der Waals surface area (Å²) >= 11 is 0. The van der Waals surface area contributed by atoms with Crippen LogP contribution in [0.3, 0.4) is 0 Å². The van der Waals surface area contributed by atoms with E-state index < -0.39 is 0 Å². The van der Waals surface area contributed by atoms with E-state index in [2.05, 4.69) is 0 Å². The van der Waals surface area contributed by atoms with E-state index in [1.807, 2.05) is 0 Å². The highest BCUT2D eigenvalue weighted by atomic mass is 16.5. The van der Waals surface area contributed by atoms with Gasteiger partial charge in [0.1, 0.15) is 24.1 Å². The van der Waals surface area contributed by atoms with Crippen LogP contribution < -0.4 is 14.4 Å². The summed E-state index contributed by atoms with van der Waals surface area (Å²) < 4.78 is 10.4. The lowest BCUT2D eigenvalue weighted by Crippen LogP contribution is -2.57. The number of ether oxygens (including phenoxy) is 2. The predicted octanol–water partition coefficient (Wildman–Crippen LogP) is 1.04. The van der Waals surface area contributed by atoms with Crippen LogP contribution in [0.4, 0.5) is 5.69 Å². The maximum absolute atomic E-state index is 12.6. The van der Waals surface area contributed by atoms with Crippen molar-refractivity contribution in [3.05, 3.63) is 18.2 Å². The van der Waals surface area contributed by atoms with Crippen LogP contribution in [0.25, 0.3) is 0 Å². The number of nitrogens with zero attached hydrogens (tertiary/aromatic N) is 2. The fourth-order valence-electron chi connectivity index (χ4n) is 2.97. The van der Waals surface area contributed by atoms with Crippen LogP contribution in [0.1, 0.15) is 12.8 Å². The van der Waals surface area contributed by atoms with E-state index in [4.69, 9.17) is 9.47 Å². The summed E-state index contributed by atoms with van der Waals surface area (Å²) in [6.07, 6.45) is 1.62. The zero-order valence-corrected chi connectivity index (χ0v) is 12.2. The zero-order chi connectivity index (χ0) is 15.0. The van der Waals surface area contributed by atoms with Crippen molar-refractivity contribution >= 4 is 17.5 Å². The molecule has 0 saturated carbocycles. The van der Waals surface area contributed by atoms with Crippen molar-refractivity contribution < 1.29 is 19.1 Å². The van der Waals surface area contributed by atoms with Gasteiger partial charge in [-0.25, -0.2) is 0 Å². The molecule has 1 unspecified atom stereocenters. The fraction of sp³-hybridized carbons (Fsp3) is 0.467. The summed E-state index contributed by atoms with van der Waals surface area (Å²) in [7, 11) is 3.11. The predicted molar refractivity (Wildman–Crippen MR) is 76.6 cm³/mol. The van der Waals surface area contributed by atoms with Crippen LogP contribution in [0.5, 0.6) is 11.5 Å². The summed E-state index contributed by atoms with van der Waals surface area (Å²) in [4.78, 5) is 28.0. The van der Waals surface area contributed by atoms with Gasteiger partial charge in [0.05, 0.1) is 19.9 Å². The molecule has 1 aromatic rings. The number of amides is 2. The highest BCUT2D eigenvalue weighted by molar-refractivity contribution is 6.07. The van der Waals surface area contributed by atoms with E-state index in [9.17, 15) is 9.59 Å². The standard InChI is InChI=1S/C15H18N2O4/c1-20-11-6-10(7-12(8-11)21-2)17-9-14(18)16-5-3-4-13(16)15(17)19/h6-8,13H,3-5,9H2,1-2H3. The van der Waals surface area contributed by atoms with Gasteiger partial charge in [0, 0.05) is 24.7 Å². The first kappa shape index (κ1) is 13.7. The number of benzene rings is 1. The molecule has 2 fully saturated rings. The van der Waals surface area contributed by atoms with Crippen LogP contribution in [0.2, 0.25) is 0 Å². The second-order valence-corrected chi connectivity index (χ2v) is 5.24. The average Bonchev–Trinajstić information content (AvgIpc) is 3.00. The summed E-state index contributed by atoms with van der Waals surface area (Å²) in [6.45, 7) is 0.760. The van der Waals surface area contributed by atoms with Crippen molar-refractivity contribution in [1.29, 1.82) is 0 Å². The number of carbonyl (C=O) groups excluding carboxylic acids is 2. The molecule has 3 rings (SSSR count). The van der Waals surface area contributed by atoms with E-state index in [1.165, 1.54) is 4.90 Å². The second kappa shape index (κ2) is 5.27. The SMILES string of the molecule is COc1cc(OC)cc(N2CC(=O)N3CCCC3C2=O)c1. The number of hydrogen-bond donors (Lipinski definition) is 0. The lowest BCUT2D eigenvalue weighted by molar-refractivity contribution is -0.140. The Bertz CT molecular complexity index is 565. The summed E-state index contributed by atoms with van der Waals surface area (Å²) in [6, 6.07) is 4.92. The monoisotopic (exact) mass is 290 g/mol. The van der Waals surface area contributed by atoms with Crippen LogP contribution in [0, 0.1) is 0 Å². The lowest BCUT2D eigenvalue weighted by Gasteiger charge is -2.36. The number of fused-ring (bicyclic) bond motifs is 1. The van der Waals surface area contributed by atoms with Crippen LogP contribution in [-0.2, 0) is 9.59 Å². The lowest BCUT2D eigenvalue weighted by atomic mass is 10.1. The van der Waals surface area contributed by atoms with Crippen molar-refractivity contribution in [2.75, 3.05) is 32.2 Å². The van der Waals surface area contributed by atoms with Crippen LogP contribution >= 0.6 is 0 Å². The third-order valence-electron chi connectivity index (χ3n) is 4.07. The average molecular weight is 290 g/mol. The number of anilines is 1. The van der Waals surface area contributed by atoms with Gasteiger partial charge >= 0.3 is 0 Å². The fourth-order valence-corrected chi connectivity index (χ4v) is 2.97. The van der Waals surface area contributed by atoms with Crippen molar-refractivity contribution in [2.24, 2.45) is 0 Å². The van der Waals surface area contributed by atoms with Gasteiger partial charge in [0.25, 0.3) is 0 Å². The van der Waals surface area contributed by atoms with Gasteiger partial charge in [-0.05, 0) is 12.8 Å². The van der Waals surface area contributed by atoms with Crippen molar-refractivity contribution in [3.8, 4) is 11.5 Å². The molecule has 2 heterocycles. The van der Waals surface area contributed by atoms with E-state index in [1.54, 1.807) is 37.3 Å². The Kier molecular flexibility index (Phi) is 3.45. The molecule has 1 atom stereocenters. The molecule has 6 nitrogen and oxygen atoms in total. The van der Waals surface area contributed by atoms with Gasteiger partial charge in [-0.2, -0.15) is 0 Å². The van der Waals surface area contributed by atoms with E-state index in [0.29, 0.717) is 23.7 Å².